The SMILES string of the molecule is CCOC(=O)C(CC=O)ON(C)N=O. The van der Waals surface area contributed by atoms with Gasteiger partial charge in [0.25, 0.3) is 0 Å². The Morgan fingerprint density at radius 1 is 1.64 bits per heavy atom. The van der Waals surface area contributed by atoms with Gasteiger partial charge in [0, 0.05) is 6.42 Å². The van der Waals surface area contributed by atoms with Crippen molar-refractivity contribution < 1.29 is 19.2 Å². The molecule has 0 rings (SSSR count). The Morgan fingerprint density at radius 2 is 2.29 bits per heavy atom. The van der Waals surface area contributed by atoms with E-state index < -0.39 is 12.1 Å². The van der Waals surface area contributed by atoms with Gasteiger partial charge in [-0.1, -0.05) is 0 Å². The average molecular weight is 204 g/mol. The Labute approximate surface area is 80.9 Å². The van der Waals surface area contributed by atoms with Gasteiger partial charge in [0.05, 0.1) is 18.9 Å². The lowest BCUT2D eigenvalue weighted by molar-refractivity contribution is -0.205. The summed E-state index contributed by atoms with van der Waals surface area (Å²) in [5, 5.41) is 2.95. The zero-order valence-electron chi connectivity index (χ0n) is 8.00. The number of carbonyl (C=O) groups is 2. The van der Waals surface area contributed by atoms with E-state index in [1.165, 1.54) is 7.05 Å². The van der Waals surface area contributed by atoms with Crippen molar-refractivity contribution in [2.75, 3.05) is 13.7 Å². The summed E-state index contributed by atoms with van der Waals surface area (Å²) in [5.74, 6) is -0.699. The molecule has 0 aromatic rings. The third kappa shape index (κ3) is 4.51. The van der Waals surface area contributed by atoms with Gasteiger partial charge in [-0.15, -0.1) is 10.1 Å². The molecule has 0 aromatic carbocycles. The van der Waals surface area contributed by atoms with E-state index in [2.05, 4.69) is 10.0 Å². The highest BCUT2D eigenvalue weighted by molar-refractivity contribution is 5.77. The first kappa shape index (κ1) is 12.5. The van der Waals surface area contributed by atoms with E-state index in [-0.39, 0.29) is 13.0 Å². The van der Waals surface area contributed by atoms with Crippen LogP contribution in [0.5, 0.6) is 0 Å². The lowest BCUT2D eigenvalue weighted by Gasteiger charge is -2.16. The summed E-state index contributed by atoms with van der Waals surface area (Å²) in [6, 6.07) is 0. The minimum absolute atomic E-state index is 0.176. The number of nitrogens with zero attached hydrogens (tertiary/aromatic N) is 2. The van der Waals surface area contributed by atoms with Gasteiger partial charge < -0.3 is 9.53 Å². The number of ether oxygens (including phenoxy) is 1. The van der Waals surface area contributed by atoms with Gasteiger partial charge >= 0.3 is 5.97 Å². The minimum atomic E-state index is -1.12. The summed E-state index contributed by atoms with van der Waals surface area (Å²) in [4.78, 5) is 35.9. The molecule has 7 heteroatoms. The first-order valence-electron chi connectivity index (χ1n) is 3.99. The smallest absolute Gasteiger partial charge is 0.338 e. The van der Waals surface area contributed by atoms with Crippen LogP contribution < -0.4 is 0 Å². The second-order valence-electron chi connectivity index (χ2n) is 2.29. The second kappa shape index (κ2) is 6.96. The molecule has 0 N–H and O–H groups in total. The molecule has 0 fully saturated rings. The zero-order chi connectivity index (χ0) is 11.0. The molecule has 7 nitrogen and oxygen atoms in total. The van der Waals surface area contributed by atoms with Crippen LogP contribution in [-0.2, 0) is 19.2 Å². The molecule has 0 saturated heterocycles. The quantitative estimate of drug-likeness (QED) is 0.252. The third-order valence-corrected chi connectivity index (χ3v) is 1.25. The maximum atomic E-state index is 11.1. The summed E-state index contributed by atoms with van der Waals surface area (Å²) >= 11 is 0. The van der Waals surface area contributed by atoms with E-state index in [1.807, 2.05) is 0 Å². The van der Waals surface area contributed by atoms with Crippen LogP contribution >= 0.6 is 0 Å². The number of hydrogen-bond acceptors (Lipinski definition) is 6. The Morgan fingerprint density at radius 3 is 2.71 bits per heavy atom. The van der Waals surface area contributed by atoms with Crippen LogP contribution in [-0.4, -0.2) is 37.2 Å². The van der Waals surface area contributed by atoms with Crippen molar-refractivity contribution >= 4 is 12.3 Å². The number of carbonyl (C=O) groups excluding carboxylic acids is 2. The summed E-state index contributed by atoms with van der Waals surface area (Å²) in [6.07, 6.45) is -0.797. The van der Waals surface area contributed by atoms with Crippen LogP contribution in [0.3, 0.4) is 0 Å². The third-order valence-electron chi connectivity index (χ3n) is 1.25. The normalized spacial score (nSPS) is 11.6. The standard InChI is InChI=1S/C7H12N2O5/c1-3-13-7(11)6(4-5-10)14-9(2)8-12/h5-6H,3-4H2,1-2H3. The van der Waals surface area contributed by atoms with E-state index in [0.29, 0.717) is 11.5 Å². The fraction of sp³-hybridized carbons (Fsp3) is 0.714. The van der Waals surface area contributed by atoms with Gasteiger partial charge in [-0.3, -0.25) is 0 Å². The highest BCUT2D eigenvalue weighted by Crippen LogP contribution is 2.02. The molecule has 1 unspecified atom stereocenters. The van der Waals surface area contributed by atoms with Crippen molar-refractivity contribution in [3.63, 3.8) is 0 Å². The van der Waals surface area contributed by atoms with Crippen molar-refractivity contribution in [3.05, 3.63) is 4.91 Å². The topological polar surface area (TPSA) is 85.3 Å². The zero-order valence-corrected chi connectivity index (χ0v) is 8.00. The molecule has 1 atom stereocenters. The van der Waals surface area contributed by atoms with Crippen molar-refractivity contribution in [2.45, 2.75) is 19.4 Å². The molecule has 0 aliphatic rings. The van der Waals surface area contributed by atoms with Crippen LogP contribution in [0.1, 0.15) is 13.3 Å². The fourth-order valence-electron chi connectivity index (χ4n) is 0.708. The van der Waals surface area contributed by atoms with Crippen molar-refractivity contribution in [1.29, 1.82) is 0 Å². The van der Waals surface area contributed by atoms with Crippen molar-refractivity contribution in [1.82, 2.24) is 5.17 Å². The fourth-order valence-corrected chi connectivity index (χ4v) is 0.708. The second-order valence-corrected chi connectivity index (χ2v) is 2.29. The van der Waals surface area contributed by atoms with Gasteiger partial charge in [0.1, 0.15) is 6.29 Å². The Kier molecular flexibility index (Phi) is 6.21. The van der Waals surface area contributed by atoms with E-state index in [0.717, 1.165) is 0 Å². The van der Waals surface area contributed by atoms with Crippen molar-refractivity contribution in [2.24, 2.45) is 5.29 Å². The van der Waals surface area contributed by atoms with E-state index in [9.17, 15) is 14.5 Å². The van der Waals surface area contributed by atoms with Crippen LogP contribution in [0.15, 0.2) is 5.29 Å². The molecular formula is C7H12N2O5. The van der Waals surface area contributed by atoms with Crippen molar-refractivity contribution in [3.8, 4) is 0 Å². The van der Waals surface area contributed by atoms with Gasteiger partial charge in [0.15, 0.2) is 6.10 Å². The first-order chi connectivity index (χ1) is 6.65. The predicted octanol–water partition coefficient (Wildman–Crippen LogP) is 0.0519. The molecule has 0 amide bonds. The molecule has 0 aliphatic heterocycles. The summed E-state index contributed by atoms with van der Waals surface area (Å²) in [6.45, 7) is 1.80. The number of nitroso groups, excluding NO2 is 1. The lowest BCUT2D eigenvalue weighted by Crippen LogP contribution is -2.31. The summed E-state index contributed by atoms with van der Waals surface area (Å²) in [7, 11) is 1.21. The van der Waals surface area contributed by atoms with E-state index >= 15 is 0 Å². The number of rotatable bonds is 7. The molecule has 0 saturated carbocycles. The molecule has 0 heterocycles. The van der Waals surface area contributed by atoms with Gasteiger partial charge in [0.2, 0.25) is 0 Å². The highest BCUT2D eigenvalue weighted by Gasteiger charge is 2.22. The van der Waals surface area contributed by atoms with Crippen LogP contribution in [0.4, 0.5) is 0 Å². The molecule has 0 radical (unpaired) electrons. The van der Waals surface area contributed by atoms with E-state index in [1.54, 1.807) is 6.92 Å². The molecule has 0 bridgehead atoms. The molecule has 14 heavy (non-hydrogen) atoms. The van der Waals surface area contributed by atoms with Gasteiger partial charge in [-0.25, -0.2) is 9.63 Å². The number of esters is 1. The first-order valence-corrected chi connectivity index (χ1v) is 3.99. The molecular weight excluding hydrogens is 192 g/mol. The number of aldehydes is 1. The average Bonchev–Trinajstić information content (AvgIpc) is 2.17. The Hall–Kier alpha value is -1.50. The molecule has 0 spiro atoms. The largest absolute Gasteiger partial charge is 0.464 e. The molecule has 0 aromatic heterocycles. The molecule has 0 aliphatic carbocycles. The number of hydrogen-bond donors (Lipinski definition) is 0. The van der Waals surface area contributed by atoms with E-state index in [4.69, 9.17) is 4.84 Å². The Balaban J connectivity index is 4.19. The number of hydroxylamine groups is 1. The Bertz CT molecular complexity index is 208. The minimum Gasteiger partial charge on any atom is -0.464 e. The van der Waals surface area contributed by atoms with Gasteiger partial charge in [-0.05, 0) is 6.92 Å². The van der Waals surface area contributed by atoms with Gasteiger partial charge in [-0.2, -0.15) is 0 Å². The molecule has 80 valence electrons. The maximum Gasteiger partial charge on any atom is 0.338 e. The predicted molar refractivity (Wildman–Crippen MR) is 45.7 cm³/mol. The monoisotopic (exact) mass is 204 g/mol. The van der Waals surface area contributed by atoms with Crippen LogP contribution in [0.25, 0.3) is 0 Å². The summed E-state index contributed by atoms with van der Waals surface area (Å²) in [5.41, 5.74) is 0. The van der Waals surface area contributed by atoms with Crippen LogP contribution in [0, 0.1) is 4.91 Å². The highest BCUT2D eigenvalue weighted by atomic mass is 16.7. The lowest BCUT2D eigenvalue weighted by atomic mass is 10.3. The van der Waals surface area contributed by atoms with Crippen LogP contribution in [0.2, 0.25) is 0 Å². The maximum absolute atomic E-state index is 11.1. The summed E-state index contributed by atoms with van der Waals surface area (Å²) < 4.78 is 4.61.